The lowest BCUT2D eigenvalue weighted by atomic mass is 10.1. The molecule has 0 aliphatic carbocycles. The van der Waals surface area contributed by atoms with E-state index in [1.54, 1.807) is 18.9 Å². The molecular weight excluding hydrogens is 382 g/mol. The zero-order valence-corrected chi connectivity index (χ0v) is 17.2. The van der Waals surface area contributed by atoms with Gasteiger partial charge in [0.25, 0.3) is 5.69 Å². The predicted octanol–water partition coefficient (Wildman–Crippen LogP) is 2.85. The van der Waals surface area contributed by atoms with E-state index in [0.29, 0.717) is 12.2 Å². The van der Waals surface area contributed by atoms with Crippen LogP contribution in [0.4, 0.5) is 11.4 Å². The van der Waals surface area contributed by atoms with Gasteiger partial charge in [0.2, 0.25) is 10.0 Å². The Balaban J connectivity index is 2.31. The smallest absolute Gasteiger partial charge is 0.293 e. The maximum Gasteiger partial charge on any atom is 0.293 e. The molecule has 8 nitrogen and oxygen atoms in total. The first-order valence-corrected chi connectivity index (χ1v) is 10.2. The fourth-order valence-electron chi connectivity index (χ4n) is 2.81. The van der Waals surface area contributed by atoms with E-state index in [0.717, 1.165) is 17.2 Å². The minimum atomic E-state index is -3.90. The van der Waals surface area contributed by atoms with Crippen molar-refractivity contribution in [1.82, 2.24) is 4.72 Å². The number of hydrogen-bond donors (Lipinski definition) is 1. The predicted molar refractivity (Wildman–Crippen MR) is 108 cm³/mol. The summed E-state index contributed by atoms with van der Waals surface area (Å²) < 4.78 is 32.4. The molecule has 0 heterocycles. The van der Waals surface area contributed by atoms with Crippen LogP contribution in [0.5, 0.6) is 0 Å². The quantitative estimate of drug-likeness (QED) is 0.507. The molecule has 0 aromatic heterocycles. The lowest BCUT2D eigenvalue weighted by Gasteiger charge is -2.20. The van der Waals surface area contributed by atoms with E-state index in [4.69, 9.17) is 4.74 Å². The van der Waals surface area contributed by atoms with Crippen molar-refractivity contribution in [2.24, 2.45) is 0 Å². The van der Waals surface area contributed by atoms with Gasteiger partial charge < -0.3 is 9.64 Å². The molecule has 0 saturated carbocycles. The Morgan fingerprint density at radius 3 is 2.43 bits per heavy atom. The van der Waals surface area contributed by atoms with Gasteiger partial charge in [0.05, 0.1) is 16.4 Å². The lowest BCUT2D eigenvalue weighted by Crippen LogP contribution is -2.35. The molecule has 1 atom stereocenters. The van der Waals surface area contributed by atoms with Crippen LogP contribution in [-0.2, 0) is 21.3 Å². The van der Waals surface area contributed by atoms with E-state index in [9.17, 15) is 18.5 Å². The van der Waals surface area contributed by atoms with Gasteiger partial charge in [0.15, 0.2) is 0 Å². The number of nitro groups is 1. The molecule has 0 saturated heterocycles. The van der Waals surface area contributed by atoms with E-state index >= 15 is 0 Å². The summed E-state index contributed by atoms with van der Waals surface area (Å²) in [6.07, 6.45) is 0. The Morgan fingerprint density at radius 2 is 1.86 bits per heavy atom. The molecule has 9 heteroatoms. The van der Waals surface area contributed by atoms with E-state index in [1.165, 1.54) is 19.2 Å². The van der Waals surface area contributed by atoms with Crippen LogP contribution in [0.2, 0.25) is 0 Å². The number of nitro benzene ring substituents is 1. The van der Waals surface area contributed by atoms with Crippen molar-refractivity contribution in [2.45, 2.75) is 31.3 Å². The molecule has 0 radical (unpaired) electrons. The summed E-state index contributed by atoms with van der Waals surface area (Å²) in [5.74, 6) is 0. The average molecular weight is 407 g/mol. The minimum absolute atomic E-state index is 0.158. The molecule has 0 bridgehead atoms. The van der Waals surface area contributed by atoms with Crippen molar-refractivity contribution < 1.29 is 18.1 Å². The molecule has 2 rings (SSSR count). The number of nitrogens with zero attached hydrogens (tertiary/aromatic N) is 2. The Morgan fingerprint density at radius 1 is 1.21 bits per heavy atom. The highest BCUT2D eigenvalue weighted by molar-refractivity contribution is 7.89. The number of aryl methyl sites for hydroxylation is 1. The van der Waals surface area contributed by atoms with Gasteiger partial charge in [-0.2, -0.15) is 0 Å². The summed E-state index contributed by atoms with van der Waals surface area (Å²) in [7, 11) is -0.699. The fourth-order valence-corrected chi connectivity index (χ4v) is 4.06. The summed E-state index contributed by atoms with van der Waals surface area (Å²) in [6, 6.07) is 11.3. The third-order valence-electron chi connectivity index (χ3n) is 4.18. The molecule has 0 amide bonds. The topological polar surface area (TPSA) is 102 Å². The normalized spacial score (nSPS) is 12.6. The molecule has 0 spiro atoms. The summed E-state index contributed by atoms with van der Waals surface area (Å²) >= 11 is 0. The number of anilines is 1. The first-order valence-electron chi connectivity index (χ1n) is 8.70. The number of hydrogen-bond acceptors (Lipinski definition) is 6. The molecule has 2 aromatic carbocycles. The molecule has 0 unspecified atom stereocenters. The highest BCUT2D eigenvalue weighted by Gasteiger charge is 2.24. The average Bonchev–Trinajstić information content (AvgIpc) is 2.62. The fraction of sp³-hybridized carbons (Fsp3) is 0.368. The zero-order valence-electron chi connectivity index (χ0n) is 16.4. The van der Waals surface area contributed by atoms with Crippen molar-refractivity contribution in [3.8, 4) is 0 Å². The SMILES string of the molecule is COC[C@@H](C)NS(=O)(=O)c1ccc(N(C)Cc2ccc(C)cc2)c([N+](=O)[O-])c1. The van der Waals surface area contributed by atoms with Gasteiger partial charge in [-0.15, -0.1) is 0 Å². The Labute approximate surface area is 165 Å². The number of benzene rings is 2. The molecule has 0 aliphatic heterocycles. The third kappa shape index (κ3) is 5.51. The molecule has 2 aromatic rings. The van der Waals surface area contributed by atoms with Gasteiger partial charge in [-0.3, -0.25) is 10.1 Å². The van der Waals surface area contributed by atoms with Crippen LogP contribution >= 0.6 is 0 Å². The summed E-state index contributed by atoms with van der Waals surface area (Å²) in [6.45, 7) is 4.28. The van der Waals surface area contributed by atoms with Gasteiger partial charge in [-0.1, -0.05) is 29.8 Å². The Bertz CT molecular complexity index is 929. The van der Waals surface area contributed by atoms with Crippen molar-refractivity contribution in [1.29, 1.82) is 0 Å². The first kappa shape index (κ1) is 21.8. The molecule has 152 valence electrons. The minimum Gasteiger partial charge on any atom is -0.383 e. The summed E-state index contributed by atoms with van der Waals surface area (Å²) in [5.41, 5.74) is 2.20. The highest BCUT2D eigenvalue weighted by Crippen LogP contribution is 2.31. The van der Waals surface area contributed by atoms with Gasteiger partial charge in [0.1, 0.15) is 5.69 Å². The van der Waals surface area contributed by atoms with Crippen LogP contribution in [-0.4, -0.2) is 40.1 Å². The monoisotopic (exact) mass is 407 g/mol. The second kappa shape index (κ2) is 9.13. The van der Waals surface area contributed by atoms with Gasteiger partial charge in [-0.25, -0.2) is 13.1 Å². The lowest BCUT2D eigenvalue weighted by molar-refractivity contribution is -0.384. The number of methoxy groups -OCH3 is 1. The Kier molecular flexibility index (Phi) is 7.11. The molecule has 0 aliphatic rings. The number of sulfonamides is 1. The molecule has 0 fully saturated rings. The van der Waals surface area contributed by atoms with Gasteiger partial charge >= 0.3 is 0 Å². The van der Waals surface area contributed by atoms with Crippen LogP contribution < -0.4 is 9.62 Å². The number of ether oxygens (including phenoxy) is 1. The maximum atomic E-state index is 12.5. The maximum absolute atomic E-state index is 12.5. The Hall–Kier alpha value is -2.49. The van der Waals surface area contributed by atoms with E-state index in [-0.39, 0.29) is 17.2 Å². The number of nitrogens with one attached hydrogen (secondary N) is 1. The standard InChI is InChI=1S/C19H25N3O5S/c1-14-5-7-16(8-6-14)12-21(3)18-10-9-17(11-19(18)22(23)24)28(25,26)20-15(2)13-27-4/h5-11,15,20H,12-13H2,1-4H3/t15-/m1/s1. The van der Waals surface area contributed by atoms with Gasteiger partial charge in [-0.05, 0) is 31.5 Å². The molecule has 1 N–H and O–H groups in total. The first-order chi connectivity index (χ1) is 13.1. The second-order valence-electron chi connectivity index (χ2n) is 6.73. The third-order valence-corrected chi connectivity index (χ3v) is 5.77. The van der Waals surface area contributed by atoms with E-state index in [2.05, 4.69) is 4.72 Å². The summed E-state index contributed by atoms with van der Waals surface area (Å²) in [4.78, 5) is 12.6. The van der Waals surface area contributed by atoms with Crippen LogP contribution in [0, 0.1) is 17.0 Å². The zero-order chi connectivity index (χ0) is 20.9. The number of rotatable bonds is 9. The molecule has 28 heavy (non-hydrogen) atoms. The highest BCUT2D eigenvalue weighted by atomic mass is 32.2. The van der Waals surface area contributed by atoms with Crippen LogP contribution in [0.1, 0.15) is 18.1 Å². The molecular formula is C19H25N3O5S. The summed E-state index contributed by atoms with van der Waals surface area (Å²) in [5, 5.41) is 11.6. The van der Waals surface area contributed by atoms with Crippen molar-refractivity contribution in [2.75, 3.05) is 25.7 Å². The van der Waals surface area contributed by atoms with Crippen molar-refractivity contribution in [3.63, 3.8) is 0 Å². The van der Waals surface area contributed by atoms with E-state index in [1.807, 2.05) is 31.2 Å². The van der Waals surface area contributed by atoms with Crippen LogP contribution in [0.25, 0.3) is 0 Å². The van der Waals surface area contributed by atoms with Crippen LogP contribution in [0.3, 0.4) is 0 Å². The van der Waals surface area contributed by atoms with Crippen LogP contribution in [0.15, 0.2) is 47.4 Å². The second-order valence-corrected chi connectivity index (χ2v) is 8.44. The van der Waals surface area contributed by atoms with E-state index < -0.39 is 21.0 Å². The van der Waals surface area contributed by atoms with Gasteiger partial charge in [0, 0.05) is 32.8 Å². The van der Waals surface area contributed by atoms with Crippen molar-refractivity contribution >= 4 is 21.4 Å². The van der Waals surface area contributed by atoms with Crippen molar-refractivity contribution in [3.05, 3.63) is 63.7 Å². The largest absolute Gasteiger partial charge is 0.383 e.